The van der Waals surface area contributed by atoms with E-state index < -0.39 is 5.82 Å². The van der Waals surface area contributed by atoms with E-state index in [1.807, 2.05) is 0 Å². The van der Waals surface area contributed by atoms with Gasteiger partial charge < -0.3 is 9.47 Å². The Bertz CT molecular complexity index is 671. The van der Waals surface area contributed by atoms with E-state index in [0.29, 0.717) is 27.1 Å². The minimum absolute atomic E-state index is 0.00536. The Morgan fingerprint density at radius 2 is 1.81 bits per heavy atom. The van der Waals surface area contributed by atoms with Gasteiger partial charge in [0.1, 0.15) is 5.82 Å². The Labute approximate surface area is 130 Å². The number of Topliss-reactive ketones (excluding diaryl/α,β-unsaturated/α-hetero) is 1. The molecule has 0 bridgehead atoms. The van der Waals surface area contributed by atoms with Crippen molar-refractivity contribution < 1.29 is 18.7 Å². The lowest BCUT2D eigenvalue weighted by Gasteiger charge is -2.09. The van der Waals surface area contributed by atoms with Gasteiger partial charge in [-0.25, -0.2) is 4.39 Å². The molecule has 0 unspecified atom stereocenters. The molecule has 0 saturated carbocycles. The van der Waals surface area contributed by atoms with Crippen molar-refractivity contribution in [3.8, 4) is 11.5 Å². The molecule has 21 heavy (non-hydrogen) atoms. The minimum atomic E-state index is -0.404. The highest BCUT2D eigenvalue weighted by atomic mass is 79.9. The van der Waals surface area contributed by atoms with Crippen molar-refractivity contribution in [2.75, 3.05) is 14.2 Å². The van der Waals surface area contributed by atoms with Crippen LogP contribution in [0.4, 0.5) is 4.39 Å². The largest absolute Gasteiger partial charge is 0.493 e. The summed E-state index contributed by atoms with van der Waals surface area (Å²) in [7, 11) is 3.02. The molecule has 0 radical (unpaired) electrons. The Morgan fingerprint density at radius 3 is 2.43 bits per heavy atom. The smallest absolute Gasteiger partial charge is 0.167 e. The lowest BCUT2D eigenvalue weighted by atomic mass is 10.0. The second kappa shape index (κ2) is 6.72. The number of ether oxygens (including phenoxy) is 2. The number of methoxy groups -OCH3 is 2. The Kier molecular flexibility index (Phi) is 4.96. The fourth-order valence-corrected chi connectivity index (χ4v) is 2.28. The van der Waals surface area contributed by atoms with Crippen LogP contribution in [-0.4, -0.2) is 20.0 Å². The summed E-state index contributed by atoms with van der Waals surface area (Å²) in [4.78, 5) is 12.2. The maximum absolute atomic E-state index is 13.8. The van der Waals surface area contributed by atoms with Gasteiger partial charge in [0.15, 0.2) is 17.3 Å². The molecule has 2 rings (SSSR count). The van der Waals surface area contributed by atoms with Crippen LogP contribution in [0.3, 0.4) is 0 Å². The van der Waals surface area contributed by atoms with E-state index in [4.69, 9.17) is 9.47 Å². The van der Waals surface area contributed by atoms with Gasteiger partial charge in [-0.05, 0) is 35.9 Å². The number of halogens is 2. The van der Waals surface area contributed by atoms with Gasteiger partial charge in [-0.2, -0.15) is 0 Å². The summed E-state index contributed by atoms with van der Waals surface area (Å²) >= 11 is 3.19. The molecule has 2 aromatic rings. The zero-order valence-corrected chi connectivity index (χ0v) is 13.2. The van der Waals surface area contributed by atoms with Gasteiger partial charge in [-0.3, -0.25) is 4.79 Å². The monoisotopic (exact) mass is 352 g/mol. The standard InChI is InChI=1S/C16H14BrFO3/c1-20-15-6-4-11(8-16(15)21-2)14(19)7-10-3-5-12(17)9-13(10)18/h3-6,8-9H,7H2,1-2H3. The van der Waals surface area contributed by atoms with Gasteiger partial charge in [0, 0.05) is 16.5 Å². The molecule has 2 aromatic carbocycles. The van der Waals surface area contributed by atoms with Crippen molar-refractivity contribution in [3.63, 3.8) is 0 Å². The maximum Gasteiger partial charge on any atom is 0.167 e. The first-order valence-corrected chi connectivity index (χ1v) is 7.03. The molecule has 0 heterocycles. The molecule has 0 saturated heterocycles. The van der Waals surface area contributed by atoms with Crippen LogP contribution in [0.25, 0.3) is 0 Å². The molecule has 0 aromatic heterocycles. The number of rotatable bonds is 5. The third-order valence-electron chi connectivity index (χ3n) is 3.07. The molecule has 0 amide bonds. The van der Waals surface area contributed by atoms with Crippen LogP contribution in [0.2, 0.25) is 0 Å². The van der Waals surface area contributed by atoms with E-state index >= 15 is 0 Å². The van der Waals surface area contributed by atoms with Crippen LogP contribution >= 0.6 is 15.9 Å². The fourth-order valence-electron chi connectivity index (χ4n) is 1.95. The Balaban J connectivity index is 2.24. The summed E-state index contributed by atoms with van der Waals surface area (Å²) in [5.74, 6) is 0.430. The molecule has 0 spiro atoms. The summed E-state index contributed by atoms with van der Waals surface area (Å²) < 4.78 is 24.7. The molecule has 0 N–H and O–H groups in total. The number of hydrogen-bond donors (Lipinski definition) is 0. The molecule has 110 valence electrons. The normalized spacial score (nSPS) is 10.3. The Hall–Kier alpha value is -1.88. The second-order valence-electron chi connectivity index (χ2n) is 4.41. The molecule has 0 fully saturated rings. The van der Waals surface area contributed by atoms with Crippen molar-refractivity contribution in [2.24, 2.45) is 0 Å². The van der Waals surface area contributed by atoms with Crippen molar-refractivity contribution >= 4 is 21.7 Å². The highest BCUT2D eigenvalue weighted by Crippen LogP contribution is 2.28. The number of ketones is 1. The first kappa shape index (κ1) is 15.5. The third-order valence-corrected chi connectivity index (χ3v) is 3.56. The van der Waals surface area contributed by atoms with Crippen LogP contribution in [0, 0.1) is 5.82 Å². The zero-order valence-electron chi connectivity index (χ0n) is 11.7. The first-order chi connectivity index (χ1) is 10.0. The molecule has 3 nitrogen and oxygen atoms in total. The van der Waals surface area contributed by atoms with E-state index in [9.17, 15) is 9.18 Å². The van der Waals surface area contributed by atoms with E-state index in [-0.39, 0.29) is 12.2 Å². The average molecular weight is 353 g/mol. The lowest BCUT2D eigenvalue weighted by molar-refractivity contribution is 0.0991. The zero-order chi connectivity index (χ0) is 15.4. The lowest BCUT2D eigenvalue weighted by Crippen LogP contribution is -2.06. The van der Waals surface area contributed by atoms with Crippen LogP contribution in [0.1, 0.15) is 15.9 Å². The molecular weight excluding hydrogens is 339 g/mol. The average Bonchev–Trinajstić information content (AvgIpc) is 2.49. The quantitative estimate of drug-likeness (QED) is 0.762. The van der Waals surface area contributed by atoms with Crippen molar-refractivity contribution in [1.82, 2.24) is 0 Å². The van der Waals surface area contributed by atoms with Gasteiger partial charge in [-0.1, -0.05) is 22.0 Å². The van der Waals surface area contributed by atoms with E-state index in [1.165, 1.54) is 20.3 Å². The SMILES string of the molecule is COc1ccc(C(=O)Cc2ccc(Br)cc2F)cc1OC. The molecule has 0 atom stereocenters. The predicted molar refractivity (Wildman–Crippen MR) is 81.7 cm³/mol. The Morgan fingerprint density at radius 1 is 1.10 bits per heavy atom. The van der Waals surface area contributed by atoms with Crippen LogP contribution in [-0.2, 0) is 6.42 Å². The molecule has 0 aliphatic carbocycles. The van der Waals surface area contributed by atoms with Gasteiger partial charge in [-0.15, -0.1) is 0 Å². The number of hydrogen-bond acceptors (Lipinski definition) is 3. The number of benzene rings is 2. The van der Waals surface area contributed by atoms with Gasteiger partial charge in [0.05, 0.1) is 14.2 Å². The van der Waals surface area contributed by atoms with Gasteiger partial charge in [0.2, 0.25) is 0 Å². The van der Waals surface area contributed by atoms with Crippen molar-refractivity contribution in [2.45, 2.75) is 6.42 Å². The second-order valence-corrected chi connectivity index (χ2v) is 5.32. The van der Waals surface area contributed by atoms with Gasteiger partial charge >= 0.3 is 0 Å². The van der Waals surface area contributed by atoms with Gasteiger partial charge in [0.25, 0.3) is 0 Å². The topological polar surface area (TPSA) is 35.5 Å². The fraction of sp³-hybridized carbons (Fsp3) is 0.188. The molecular formula is C16H14BrFO3. The summed E-state index contributed by atoms with van der Waals surface area (Å²) in [5.41, 5.74) is 0.813. The molecule has 0 aliphatic heterocycles. The molecule has 0 aliphatic rings. The van der Waals surface area contributed by atoms with Crippen LogP contribution in [0.5, 0.6) is 11.5 Å². The highest BCUT2D eigenvalue weighted by molar-refractivity contribution is 9.10. The van der Waals surface area contributed by atoms with Crippen molar-refractivity contribution in [1.29, 1.82) is 0 Å². The van der Waals surface area contributed by atoms with E-state index in [1.54, 1.807) is 30.3 Å². The van der Waals surface area contributed by atoms with Crippen LogP contribution < -0.4 is 9.47 Å². The van der Waals surface area contributed by atoms with Crippen molar-refractivity contribution in [3.05, 3.63) is 57.8 Å². The van der Waals surface area contributed by atoms with E-state index in [0.717, 1.165) is 0 Å². The predicted octanol–water partition coefficient (Wildman–Crippen LogP) is 4.03. The van der Waals surface area contributed by atoms with Crippen LogP contribution in [0.15, 0.2) is 40.9 Å². The molecule has 5 heteroatoms. The summed E-state index contributed by atoms with van der Waals surface area (Å²) in [5, 5.41) is 0. The number of carbonyl (C=O) groups excluding carboxylic acids is 1. The minimum Gasteiger partial charge on any atom is -0.493 e. The maximum atomic E-state index is 13.8. The highest BCUT2D eigenvalue weighted by Gasteiger charge is 2.13. The number of carbonyl (C=O) groups is 1. The third kappa shape index (κ3) is 3.61. The first-order valence-electron chi connectivity index (χ1n) is 6.24. The summed E-state index contributed by atoms with van der Waals surface area (Å²) in [6, 6.07) is 9.54. The summed E-state index contributed by atoms with van der Waals surface area (Å²) in [6.07, 6.45) is -0.00536. The summed E-state index contributed by atoms with van der Waals surface area (Å²) in [6.45, 7) is 0. The van der Waals surface area contributed by atoms with E-state index in [2.05, 4.69) is 15.9 Å².